The Morgan fingerprint density at radius 2 is 2.38 bits per heavy atom. The molecule has 0 aliphatic heterocycles. The zero-order chi connectivity index (χ0) is 6.24. The number of nitrogens with one attached hydrogen (secondary N) is 1. The van der Waals surface area contributed by atoms with Crippen LogP contribution >= 0.6 is 0 Å². The second-order valence-corrected chi connectivity index (χ2v) is 1.09. The molecule has 0 atom stereocenters. The highest BCUT2D eigenvalue weighted by Crippen LogP contribution is 1.63. The lowest BCUT2D eigenvalue weighted by Gasteiger charge is -1.85. The summed E-state index contributed by atoms with van der Waals surface area (Å²) in [6, 6.07) is 0. The van der Waals surface area contributed by atoms with Gasteiger partial charge in [-0.05, 0) is 0 Å². The number of methoxy groups -OCH3 is 1. The van der Waals surface area contributed by atoms with Gasteiger partial charge in [0.25, 0.3) is 0 Å². The predicted octanol–water partition coefficient (Wildman–Crippen LogP) is 0.352. The molecule has 0 spiro atoms. The van der Waals surface area contributed by atoms with E-state index < -0.39 is 0 Å². The van der Waals surface area contributed by atoms with E-state index in [0.717, 1.165) is 0 Å². The Morgan fingerprint density at radius 3 is 2.88 bits per heavy atom. The van der Waals surface area contributed by atoms with Crippen molar-refractivity contribution in [2.45, 2.75) is 0 Å². The van der Waals surface area contributed by atoms with Gasteiger partial charge in [-0.3, -0.25) is 4.99 Å². The number of nitrogens with zero attached hydrogens (tertiary/aromatic N) is 1. The van der Waals surface area contributed by atoms with E-state index >= 15 is 0 Å². The molecular weight excluding hydrogens is 104 g/mol. The zero-order valence-corrected chi connectivity index (χ0v) is 5.09. The molecule has 0 aliphatic rings. The molecule has 0 fully saturated rings. The molecule has 3 heteroatoms. The highest BCUT2D eigenvalue weighted by molar-refractivity contribution is 5.55. The van der Waals surface area contributed by atoms with Crippen molar-refractivity contribution in [3.05, 3.63) is 12.5 Å². The first kappa shape index (κ1) is 7.01. The van der Waals surface area contributed by atoms with E-state index in [1.165, 1.54) is 6.26 Å². The standard InChI is InChI=1S/C5H10N2O/c1-6-5-7-3-4-8-2/h3-5H,1-2H3,(H,6,7)/b4-3+. The summed E-state index contributed by atoms with van der Waals surface area (Å²) in [5.74, 6) is 0. The first-order valence-electron chi connectivity index (χ1n) is 2.26. The van der Waals surface area contributed by atoms with Crippen molar-refractivity contribution in [3.63, 3.8) is 0 Å². The van der Waals surface area contributed by atoms with Crippen molar-refractivity contribution < 1.29 is 4.74 Å². The molecule has 0 aromatic heterocycles. The van der Waals surface area contributed by atoms with Gasteiger partial charge in [-0.25, -0.2) is 0 Å². The summed E-state index contributed by atoms with van der Waals surface area (Å²) in [5.41, 5.74) is 0. The van der Waals surface area contributed by atoms with Crippen LogP contribution < -0.4 is 5.32 Å². The number of ether oxygens (including phenoxy) is 1. The molecule has 0 aromatic carbocycles. The summed E-state index contributed by atoms with van der Waals surface area (Å²) in [6.07, 6.45) is 4.74. The molecule has 0 heterocycles. The van der Waals surface area contributed by atoms with Crippen molar-refractivity contribution in [2.75, 3.05) is 14.2 Å². The van der Waals surface area contributed by atoms with Gasteiger partial charge >= 0.3 is 0 Å². The van der Waals surface area contributed by atoms with Crippen LogP contribution in [0.2, 0.25) is 0 Å². The average Bonchev–Trinajstić information content (AvgIpc) is 1.81. The molecule has 0 saturated heterocycles. The molecule has 0 aliphatic carbocycles. The summed E-state index contributed by atoms with van der Waals surface area (Å²) in [7, 11) is 3.27. The van der Waals surface area contributed by atoms with Gasteiger partial charge in [0.05, 0.1) is 19.7 Å². The quantitative estimate of drug-likeness (QED) is 0.326. The smallest absolute Gasteiger partial charge is 0.0984 e. The van der Waals surface area contributed by atoms with Crippen LogP contribution in [0.1, 0.15) is 0 Å². The molecule has 46 valence electrons. The molecule has 3 nitrogen and oxygen atoms in total. The fourth-order valence-corrected chi connectivity index (χ4v) is 0.225. The van der Waals surface area contributed by atoms with Gasteiger partial charge in [-0.1, -0.05) is 0 Å². The van der Waals surface area contributed by atoms with E-state index in [1.54, 1.807) is 26.7 Å². The van der Waals surface area contributed by atoms with E-state index in [9.17, 15) is 0 Å². The summed E-state index contributed by atoms with van der Waals surface area (Å²) in [6.45, 7) is 0. The second kappa shape index (κ2) is 6.01. The summed E-state index contributed by atoms with van der Waals surface area (Å²) in [4.78, 5) is 3.66. The fourth-order valence-electron chi connectivity index (χ4n) is 0.225. The van der Waals surface area contributed by atoms with E-state index in [4.69, 9.17) is 0 Å². The Morgan fingerprint density at radius 1 is 1.62 bits per heavy atom. The lowest BCUT2D eigenvalue weighted by atomic mass is 10.9. The molecule has 0 rings (SSSR count). The predicted molar refractivity (Wildman–Crippen MR) is 33.7 cm³/mol. The molecule has 0 bridgehead atoms. The third kappa shape index (κ3) is 5.01. The topological polar surface area (TPSA) is 33.6 Å². The zero-order valence-electron chi connectivity index (χ0n) is 5.09. The normalized spacial score (nSPS) is 10.8. The van der Waals surface area contributed by atoms with E-state index in [-0.39, 0.29) is 0 Å². The first-order valence-corrected chi connectivity index (χ1v) is 2.26. The van der Waals surface area contributed by atoms with Crippen molar-refractivity contribution in [3.8, 4) is 0 Å². The molecule has 1 N–H and O–H groups in total. The van der Waals surface area contributed by atoms with Crippen molar-refractivity contribution in [2.24, 2.45) is 4.99 Å². The van der Waals surface area contributed by atoms with Gasteiger partial charge in [0.15, 0.2) is 0 Å². The van der Waals surface area contributed by atoms with Crippen molar-refractivity contribution in [1.29, 1.82) is 0 Å². The molecule has 0 radical (unpaired) electrons. The van der Waals surface area contributed by atoms with Gasteiger partial charge < -0.3 is 10.1 Å². The molecule has 0 saturated carbocycles. The van der Waals surface area contributed by atoms with Crippen LogP contribution in [-0.4, -0.2) is 20.5 Å². The molecule has 0 aromatic rings. The van der Waals surface area contributed by atoms with Crippen LogP contribution in [0.3, 0.4) is 0 Å². The van der Waals surface area contributed by atoms with Crippen LogP contribution in [0.4, 0.5) is 0 Å². The third-order valence-electron chi connectivity index (χ3n) is 0.504. The van der Waals surface area contributed by atoms with Gasteiger partial charge in [0.1, 0.15) is 0 Å². The summed E-state index contributed by atoms with van der Waals surface area (Å²) < 4.78 is 4.58. The number of rotatable bonds is 3. The minimum absolute atomic E-state index is 1.53. The first-order chi connectivity index (χ1) is 3.91. The van der Waals surface area contributed by atoms with E-state index in [1.807, 2.05) is 0 Å². The van der Waals surface area contributed by atoms with Crippen LogP contribution in [0, 0.1) is 0 Å². The van der Waals surface area contributed by atoms with Gasteiger partial charge in [0.2, 0.25) is 0 Å². The molecule has 0 amide bonds. The average molecular weight is 114 g/mol. The monoisotopic (exact) mass is 114 g/mol. The fraction of sp³-hybridized carbons (Fsp3) is 0.400. The third-order valence-corrected chi connectivity index (χ3v) is 0.504. The van der Waals surface area contributed by atoms with Crippen LogP contribution in [-0.2, 0) is 4.74 Å². The maximum atomic E-state index is 4.58. The Hall–Kier alpha value is -0.990. The van der Waals surface area contributed by atoms with Gasteiger partial charge in [-0.2, -0.15) is 0 Å². The minimum Gasteiger partial charge on any atom is -0.503 e. The van der Waals surface area contributed by atoms with Crippen LogP contribution in [0.5, 0.6) is 0 Å². The largest absolute Gasteiger partial charge is 0.503 e. The highest BCUT2D eigenvalue weighted by atomic mass is 16.5. The Balaban J connectivity index is 3.03. The maximum Gasteiger partial charge on any atom is 0.0984 e. The number of hydrogen-bond acceptors (Lipinski definition) is 2. The molecule has 8 heavy (non-hydrogen) atoms. The number of hydrogen-bond donors (Lipinski definition) is 1. The number of aliphatic imine (C=N–C) groups is 1. The summed E-state index contributed by atoms with van der Waals surface area (Å²) >= 11 is 0. The molecular formula is C5H10N2O. The lowest BCUT2D eigenvalue weighted by molar-refractivity contribution is 0.336. The van der Waals surface area contributed by atoms with E-state index in [2.05, 4.69) is 15.0 Å². The maximum absolute atomic E-state index is 4.58. The lowest BCUT2D eigenvalue weighted by Crippen LogP contribution is -1.99. The SMILES string of the molecule is CN=CN/C=C/OC. The highest BCUT2D eigenvalue weighted by Gasteiger charge is 1.61. The van der Waals surface area contributed by atoms with Gasteiger partial charge in [0, 0.05) is 13.2 Å². The summed E-state index contributed by atoms with van der Waals surface area (Å²) in [5, 5.41) is 2.74. The van der Waals surface area contributed by atoms with Crippen LogP contribution in [0.25, 0.3) is 0 Å². The van der Waals surface area contributed by atoms with Crippen molar-refractivity contribution in [1.82, 2.24) is 5.32 Å². The van der Waals surface area contributed by atoms with E-state index in [0.29, 0.717) is 0 Å². The van der Waals surface area contributed by atoms with Crippen LogP contribution in [0.15, 0.2) is 17.5 Å². The molecule has 0 unspecified atom stereocenters. The second-order valence-electron chi connectivity index (χ2n) is 1.09. The van der Waals surface area contributed by atoms with Crippen molar-refractivity contribution >= 4 is 6.34 Å². The minimum atomic E-state index is 1.53. The Bertz CT molecular complexity index is 88.4. The Labute approximate surface area is 49.1 Å². The van der Waals surface area contributed by atoms with Gasteiger partial charge in [-0.15, -0.1) is 0 Å². The Kier molecular flexibility index (Phi) is 5.27.